The Kier molecular flexibility index (Phi) is 4.41. The molecule has 1 aliphatic heterocycles. The molecule has 1 fully saturated rings. The van der Waals surface area contributed by atoms with E-state index in [0.717, 1.165) is 13.0 Å². The molecule has 8 heteroatoms. The molecule has 7 nitrogen and oxygen atoms in total. The van der Waals surface area contributed by atoms with Crippen LogP contribution in [0.25, 0.3) is 0 Å². The minimum absolute atomic E-state index is 0.0510. The van der Waals surface area contributed by atoms with E-state index >= 15 is 0 Å². The van der Waals surface area contributed by atoms with Crippen LogP contribution in [0, 0.1) is 0 Å². The lowest BCUT2D eigenvalue weighted by Gasteiger charge is -2.12. The van der Waals surface area contributed by atoms with E-state index in [0.29, 0.717) is 13.0 Å². The van der Waals surface area contributed by atoms with Crippen molar-refractivity contribution in [3.63, 3.8) is 0 Å². The Bertz CT molecular complexity index is 512. The van der Waals surface area contributed by atoms with Crippen molar-refractivity contribution in [2.24, 2.45) is 0 Å². The van der Waals surface area contributed by atoms with Crippen LogP contribution in [-0.2, 0) is 16.4 Å². The van der Waals surface area contributed by atoms with Gasteiger partial charge < -0.3 is 15.2 Å². The number of imidazole rings is 1. The Hall–Kier alpha value is -1.57. The van der Waals surface area contributed by atoms with Gasteiger partial charge in [-0.3, -0.25) is 0 Å². The molecule has 2 heterocycles. The van der Waals surface area contributed by atoms with Gasteiger partial charge >= 0.3 is 6.03 Å². The summed E-state index contributed by atoms with van der Waals surface area (Å²) in [6.45, 7) is 1.33. The zero-order valence-electron chi connectivity index (χ0n) is 10.6. The molecule has 0 aliphatic carbocycles. The molecule has 0 radical (unpaired) electrons. The Balaban J connectivity index is 1.60. The Labute approximate surface area is 112 Å². The van der Waals surface area contributed by atoms with Crippen molar-refractivity contribution in [3.8, 4) is 0 Å². The number of nitrogens with zero attached hydrogens (tertiary/aromatic N) is 2. The van der Waals surface area contributed by atoms with Crippen LogP contribution in [0.15, 0.2) is 18.7 Å². The van der Waals surface area contributed by atoms with Gasteiger partial charge in [0.05, 0.1) is 17.8 Å². The van der Waals surface area contributed by atoms with E-state index in [1.165, 1.54) is 0 Å². The normalized spacial score (nSPS) is 21.2. The number of sulfone groups is 1. The molecule has 1 aliphatic rings. The van der Waals surface area contributed by atoms with Crippen molar-refractivity contribution in [2.75, 3.05) is 18.1 Å². The molecule has 0 unspecified atom stereocenters. The average molecular weight is 286 g/mol. The molecule has 1 aromatic rings. The molecule has 1 atom stereocenters. The average Bonchev–Trinajstić information content (AvgIpc) is 2.94. The van der Waals surface area contributed by atoms with Crippen molar-refractivity contribution in [1.29, 1.82) is 0 Å². The van der Waals surface area contributed by atoms with Crippen LogP contribution in [0.5, 0.6) is 0 Å². The topological polar surface area (TPSA) is 93.1 Å². The number of aryl methyl sites for hydroxylation is 1. The van der Waals surface area contributed by atoms with E-state index in [-0.39, 0.29) is 23.6 Å². The van der Waals surface area contributed by atoms with Crippen LogP contribution < -0.4 is 10.6 Å². The van der Waals surface area contributed by atoms with Crippen molar-refractivity contribution in [2.45, 2.75) is 25.4 Å². The number of hydrogen-bond donors (Lipinski definition) is 2. The summed E-state index contributed by atoms with van der Waals surface area (Å²) in [5, 5.41) is 5.40. The minimum Gasteiger partial charge on any atom is -0.338 e. The second-order valence-corrected chi connectivity index (χ2v) is 6.88. The molecular formula is C11H18N4O3S. The van der Waals surface area contributed by atoms with Crippen LogP contribution >= 0.6 is 0 Å². The summed E-state index contributed by atoms with van der Waals surface area (Å²) in [5.74, 6) is 0.216. The van der Waals surface area contributed by atoms with Gasteiger partial charge in [-0.05, 0) is 12.8 Å². The maximum Gasteiger partial charge on any atom is 0.315 e. The highest BCUT2D eigenvalue weighted by Crippen LogP contribution is 2.10. The summed E-state index contributed by atoms with van der Waals surface area (Å²) in [7, 11) is -2.95. The third-order valence-corrected chi connectivity index (χ3v) is 4.77. The molecule has 0 aromatic carbocycles. The predicted molar refractivity (Wildman–Crippen MR) is 70.4 cm³/mol. The number of nitrogens with one attached hydrogen (secondary N) is 2. The molecular weight excluding hydrogens is 268 g/mol. The van der Waals surface area contributed by atoms with E-state index in [1.54, 1.807) is 12.5 Å². The highest BCUT2D eigenvalue weighted by molar-refractivity contribution is 7.91. The van der Waals surface area contributed by atoms with E-state index in [2.05, 4.69) is 15.6 Å². The molecule has 19 heavy (non-hydrogen) atoms. The quantitative estimate of drug-likeness (QED) is 0.731. The van der Waals surface area contributed by atoms with E-state index in [9.17, 15) is 13.2 Å². The number of amides is 2. The maximum absolute atomic E-state index is 11.5. The second kappa shape index (κ2) is 6.05. The maximum atomic E-state index is 11.5. The van der Waals surface area contributed by atoms with Crippen molar-refractivity contribution >= 4 is 15.9 Å². The molecule has 1 aromatic heterocycles. The first-order chi connectivity index (χ1) is 9.05. The molecule has 0 spiro atoms. The van der Waals surface area contributed by atoms with Gasteiger partial charge in [-0.1, -0.05) is 0 Å². The van der Waals surface area contributed by atoms with Crippen molar-refractivity contribution in [1.82, 2.24) is 20.2 Å². The van der Waals surface area contributed by atoms with Crippen LogP contribution in [-0.4, -0.2) is 48.1 Å². The van der Waals surface area contributed by atoms with Crippen molar-refractivity contribution in [3.05, 3.63) is 18.7 Å². The summed E-state index contributed by atoms with van der Waals surface area (Å²) in [5.41, 5.74) is 0. The fourth-order valence-electron chi connectivity index (χ4n) is 2.03. The first-order valence-corrected chi connectivity index (χ1v) is 8.08. The summed E-state index contributed by atoms with van der Waals surface area (Å²) < 4.78 is 24.4. The van der Waals surface area contributed by atoms with Crippen LogP contribution in [0.4, 0.5) is 4.79 Å². The number of rotatable bonds is 5. The summed E-state index contributed by atoms with van der Waals surface area (Å²) in [6.07, 6.45) is 6.60. The third kappa shape index (κ3) is 4.55. The lowest BCUT2D eigenvalue weighted by Crippen LogP contribution is -2.43. The standard InChI is InChI=1S/C11H18N4O3S/c16-11(14-10-2-7-19(17,18)8-10)13-3-1-5-15-6-4-12-9-15/h4,6,9-10H,1-3,5,7-8H2,(H2,13,14,16)/t10-/m1/s1. The van der Waals surface area contributed by atoms with Crippen molar-refractivity contribution < 1.29 is 13.2 Å². The van der Waals surface area contributed by atoms with Gasteiger partial charge in [-0.25, -0.2) is 18.2 Å². The number of carbonyl (C=O) groups is 1. The number of carbonyl (C=O) groups excluding carboxylic acids is 1. The molecule has 2 amide bonds. The Morgan fingerprint density at radius 3 is 2.95 bits per heavy atom. The summed E-state index contributed by atoms with van der Waals surface area (Å²) >= 11 is 0. The highest BCUT2D eigenvalue weighted by Gasteiger charge is 2.28. The summed E-state index contributed by atoms with van der Waals surface area (Å²) in [6, 6.07) is -0.550. The zero-order chi connectivity index (χ0) is 13.7. The number of aromatic nitrogens is 2. The molecule has 0 saturated carbocycles. The van der Waals surface area contributed by atoms with Crippen LogP contribution in [0.1, 0.15) is 12.8 Å². The van der Waals surface area contributed by atoms with Gasteiger partial charge in [0.15, 0.2) is 9.84 Å². The van der Waals surface area contributed by atoms with Gasteiger partial charge in [0.1, 0.15) is 0 Å². The third-order valence-electron chi connectivity index (χ3n) is 3.01. The molecule has 106 valence electrons. The fraction of sp³-hybridized carbons (Fsp3) is 0.636. The molecule has 2 rings (SSSR count). The first-order valence-electron chi connectivity index (χ1n) is 6.26. The lowest BCUT2D eigenvalue weighted by atomic mass is 10.3. The minimum atomic E-state index is -2.95. The highest BCUT2D eigenvalue weighted by atomic mass is 32.2. The monoisotopic (exact) mass is 286 g/mol. The predicted octanol–water partition coefficient (Wildman–Crippen LogP) is -0.240. The first kappa shape index (κ1) is 13.9. The summed E-state index contributed by atoms with van der Waals surface area (Å²) in [4.78, 5) is 15.5. The number of hydrogen-bond acceptors (Lipinski definition) is 4. The van der Waals surface area contributed by atoms with E-state index in [1.807, 2.05) is 10.8 Å². The SMILES string of the molecule is O=C(NCCCn1ccnc1)N[C@@H]1CCS(=O)(=O)C1. The van der Waals surface area contributed by atoms with E-state index < -0.39 is 9.84 Å². The zero-order valence-corrected chi connectivity index (χ0v) is 11.4. The molecule has 1 saturated heterocycles. The number of urea groups is 1. The fourth-order valence-corrected chi connectivity index (χ4v) is 3.70. The van der Waals surface area contributed by atoms with E-state index in [4.69, 9.17) is 0 Å². The molecule has 0 bridgehead atoms. The van der Waals surface area contributed by atoms with Gasteiger partial charge in [-0.2, -0.15) is 0 Å². The van der Waals surface area contributed by atoms with Crippen LogP contribution in [0.2, 0.25) is 0 Å². The van der Waals surface area contributed by atoms with Gasteiger partial charge in [-0.15, -0.1) is 0 Å². The second-order valence-electron chi connectivity index (χ2n) is 4.65. The van der Waals surface area contributed by atoms with Gasteiger partial charge in [0.25, 0.3) is 0 Å². The van der Waals surface area contributed by atoms with Crippen LogP contribution in [0.3, 0.4) is 0 Å². The smallest absolute Gasteiger partial charge is 0.315 e. The van der Waals surface area contributed by atoms with Gasteiger partial charge in [0, 0.05) is 31.5 Å². The lowest BCUT2D eigenvalue weighted by molar-refractivity contribution is 0.237. The molecule has 2 N–H and O–H groups in total. The Morgan fingerprint density at radius 1 is 1.47 bits per heavy atom. The largest absolute Gasteiger partial charge is 0.338 e. The van der Waals surface area contributed by atoms with Gasteiger partial charge in [0.2, 0.25) is 0 Å². The Morgan fingerprint density at radius 2 is 2.32 bits per heavy atom.